The Morgan fingerprint density at radius 1 is 1.29 bits per heavy atom. The number of carbonyl (C=O) groups is 2. The Hall–Kier alpha value is -2.84. The Bertz CT molecular complexity index is 932. The lowest BCUT2D eigenvalue weighted by Crippen LogP contribution is -2.41. The number of esters is 1. The van der Waals surface area contributed by atoms with Crippen LogP contribution in [0, 0.1) is 0 Å². The first-order valence-corrected chi connectivity index (χ1v) is 9.45. The van der Waals surface area contributed by atoms with Gasteiger partial charge in [0.15, 0.2) is 5.65 Å². The number of nitrogens with one attached hydrogen (secondary N) is 1. The fourth-order valence-electron chi connectivity index (χ4n) is 3.24. The summed E-state index contributed by atoms with van der Waals surface area (Å²) in [4.78, 5) is 42.5. The first kappa shape index (κ1) is 19.9. The third-order valence-electron chi connectivity index (χ3n) is 4.60. The summed E-state index contributed by atoms with van der Waals surface area (Å²) in [6.07, 6.45) is 2.43. The number of nitrogens with zero attached hydrogens (tertiary/aromatic N) is 3. The molecule has 2 aromatic rings. The topological polar surface area (TPSA) is 106 Å². The molecule has 0 aliphatic carbocycles. The summed E-state index contributed by atoms with van der Waals surface area (Å²) in [5, 5.41) is 3.05. The normalized spacial score (nSPS) is 15.6. The molecule has 1 N–H and O–H groups in total. The number of rotatable bonds is 3. The maximum absolute atomic E-state index is 12.5. The Labute approximate surface area is 162 Å². The lowest BCUT2D eigenvalue weighted by molar-refractivity contribution is 0.0203. The van der Waals surface area contributed by atoms with Crippen LogP contribution in [0.15, 0.2) is 17.1 Å². The first-order valence-electron chi connectivity index (χ1n) is 9.45. The minimum Gasteiger partial charge on any atom is -0.462 e. The van der Waals surface area contributed by atoms with Crippen molar-refractivity contribution >= 4 is 17.7 Å². The molecule has 1 aliphatic heterocycles. The predicted molar refractivity (Wildman–Crippen MR) is 102 cm³/mol. The molecular weight excluding hydrogens is 364 g/mol. The molecule has 1 aliphatic rings. The molecule has 0 bridgehead atoms. The molecule has 1 saturated heterocycles. The molecule has 3 rings (SSSR count). The highest BCUT2D eigenvalue weighted by Gasteiger charge is 2.28. The van der Waals surface area contributed by atoms with Crippen LogP contribution in [0.3, 0.4) is 0 Å². The predicted octanol–water partition coefficient (Wildman–Crippen LogP) is 2.31. The van der Waals surface area contributed by atoms with Gasteiger partial charge < -0.3 is 14.4 Å². The van der Waals surface area contributed by atoms with Crippen LogP contribution in [0.25, 0.3) is 5.65 Å². The van der Waals surface area contributed by atoms with E-state index in [-0.39, 0.29) is 24.2 Å². The first-order chi connectivity index (χ1) is 13.2. The lowest BCUT2D eigenvalue weighted by Gasteiger charge is -2.33. The Morgan fingerprint density at radius 3 is 2.57 bits per heavy atom. The zero-order valence-electron chi connectivity index (χ0n) is 16.7. The lowest BCUT2D eigenvalue weighted by atomic mass is 9.94. The van der Waals surface area contributed by atoms with Crippen molar-refractivity contribution in [2.45, 2.75) is 52.1 Å². The average Bonchev–Trinajstić information content (AvgIpc) is 3.06. The standard InChI is InChI=1S/C19H26N4O5/c1-5-27-17(25)13-11-20-15-10-14(21-23(15)16(13)24)12-6-8-22(9-7-12)18(26)28-19(2,3)4/h10-12,21H,5-9H2,1-4H3. The number of piperidine rings is 1. The smallest absolute Gasteiger partial charge is 0.410 e. The molecule has 9 nitrogen and oxygen atoms in total. The fraction of sp³-hybridized carbons (Fsp3) is 0.579. The number of aromatic amines is 1. The number of amides is 1. The van der Waals surface area contributed by atoms with Crippen LogP contribution < -0.4 is 5.56 Å². The molecule has 1 amide bonds. The molecule has 28 heavy (non-hydrogen) atoms. The molecule has 0 spiro atoms. The zero-order valence-corrected chi connectivity index (χ0v) is 16.7. The van der Waals surface area contributed by atoms with E-state index in [1.165, 1.54) is 10.7 Å². The SMILES string of the molecule is CCOC(=O)c1cnc2cc(C3CCN(C(=O)OC(C)(C)C)CC3)[nH]n2c1=O. The van der Waals surface area contributed by atoms with Gasteiger partial charge in [-0.15, -0.1) is 0 Å². The molecule has 3 heterocycles. The van der Waals surface area contributed by atoms with Crippen LogP contribution >= 0.6 is 0 Å². The summed E-state index contributed by atoms with van der Waals surface area (Å²) in [7, 11) is 0. The van der Waals surface area contributed by atoms with Gasteiger partial charge in [0.05, 0.1) is 6.61 Å². The van der Waals surface area contributed by atoms with Gasteiger partial charge in [-0.05, 0) is 40.5 Å². The highest BCUT2D eigenvalue weighted by molar-refractivity contribution is 5.88. The van der Waals surface area contributed by atoms with Crippen LogP contribution in [0.2, 0.25) is 0 Å². The number of hydrogen-bond donors (Lipinski definition) is 1. The molecule has 0 atom stereocenters. The molecule has 0 saturated carbocycles. The van der Waals surface area contributed by atoms with Crippen molar-refractivity contribution in [1.29, 1.82) is 0 Å². The molecule has 2 aromatic heterocycles. The van der Waals surface area contributed by atoms with Crippen molar-refractivity contribution in [1.82, 2.24) is 19.5 Å². The number of fused-ring (bicyclic) bond motifs is 1. The van der Waals surface area contributed by atoms with Gasteiger partial charge in [0.2, 0.25) is 0 Å². The summed E-state index contributed by atoms with van der Waals surface area (Å²) >= 11 is 0. The van der Waals surface area contributed by atoms with Crippen molar-refractivity contribution in [2.24, 2.45) is 0 Å². The van der Waals surface area contributed by atoms with E-state index in [2.05, 4.69) is 10.1 Å². The second-order valence-corrected chi connectivity index (χ2v) is 7.84. The van der Waals surface area contributed by atoms with Gasteiger partial charge in [-0.1, -0.05) is 0 Å². The number of hydrogen-bond acceptors (Lipinski definition) is 6. The monoisotopic (exact) mass is 390 g/mol. The van der Waals surface area contributed by atoms with Gasteiger partial charge in [-0.3, -0.25) is 9.89 Å². The minimum atomic E-state index is -0.684. The van der Waals surface area contributed by atoms with E-state index < -0.39 is 17.1 Å². The van der Waals surface area contributed by atoms with Crippen LogP contribution in [0.1, 0.15) is 62.5 Å². The second-order valence-electron chi connectivity index (χ2n) is 7.84. The Balaban J connectivity index is 1.73. The summed E-state index contributed by atoms with van der Waals surface area (Å²) < 4.78 is 11.6. The summed E-state index contributed by atoms with van der Waals surface area (Å²) in [5.41, 5.74) is 0.194. The fourth-order valence-corrected chi connectivity index (χ4v) is 3.24. The molecule has 0 unspecified atom stereocenters. The van der Waals surface area contributed by atoms with E-state index in [1.807, 2.05) is 26.8 Å². The van der Waals surface area contributed by atoms with Crippen molar-refractivity contribution < 1.29 is 19.1 Å². The van der Waals surface area contributed by atoms with Gasteiger partial charge in [0.1, 0.15) is 11.2 Å². The number of aromatic nitrogens is 3. The molecule has 1 fully saturated rings. The maximum Gasteiger partial charge on any atom is 0.410 e. The third kappa shape index (κ3) is 4.18. The van der Waals surface area contributed by atoms with Gasteiger partial charge in [0, 0.05) is 37.0 Å². The van der Waals surface area contributed by atoms with Crippen LogP contribution in [0.4, 0.5) is 4.79 Å². The summed E-state index contributed by atoms with van der Waals surface area (Å²) in [6, 6.07) is 1.81. The van der Waals surface area contributed by atoms with E-state index in [0.717, 1.165) is 18.5 Å². The van der Waals surface area contributed by atoms with Gasteiger partial charge in [-0.2, -0.15) is 0 Å². The summed E-state index contributed by atoms with van der Waals surface area (Å²) in [6.45, 7) is 8.55. The van der Waals surface area contributed by atoms with E-state index in [1.54, 1.807) is 11.8 Å². The number of likely N-dealkylation sites (tertiary alicyclic amines) is 1. The van der Waals surface area contributed by atoms with Crippen LogP contribution in [0.5, 0.6) is 0 Å². The van der Waals surface area contributed by atoms with E-state index >= 15 is 0 Å². The second kappa shape index (κ2) is 7.65. The zero-order chi connectivity index (χ0) is 20.5. The number of carbonyl (C=O) groups excluding carboxylic acids is 2. The van der Waals surface area contributed by atoms with Crippen LogP contribution in [-0.4, -0.2) is 56.9 Å². The highest BCUT2D eigenvalue weighted by Crippen LogP contribution is 2.28. The van der Waals surface area contributed by atoms with E-state index in [9.17, 15) is 14.4 Å². The average molecular weight is 390 g/mol. The van der Waals surface area contributed by atoms with Gasteiger partial charge in [0.25, 0.3) is 5.56 Å². The van der Waals surface area contributed by atoms with Gasteiger partial charge in [-0.25, -0.2) is 19.1 Å². The molecule has 0 radical (unpaired) electrons. The summed E-state index contributed by atoms with van der Waals surface area (Å²) in [5.74, 6) is -0.526. The number of ether oxygens (including phenoxy) is 2. The Kier molecular flexibility index (Phi) is 5.44. The Morgan fingerprint density at radius 2 is 1.96 bits per heavy atom. The van der Waals surface area contributed by atoms with Gasteiger partial charge >= 0.3 is 12.1 Å². The minimum absolute atomic E-state index is 0.104. The maximum atomic E-state index is 12.5. The van der Waals surface area contributed by atoms with Crippen LogP contribution in [-0.2, 0) is 9.47 Å². The van der Waals surface area contributed by atoms with Crippen molar-refractivity contribution in [3.8, 4) is 0 Å². The van der Waals surface area contributed by atoms with E-state index in [4.69, 9.17) is 9.47 Å². The third-order valence-corrected chi connectivity index (χ3v) is 4.60. The van der Waals surface area contributed by atoms with Crippen molar-refractivity contribution in [3.63, 3.8) is 0 Å². The van der Waals surface area contributed by atoms with Crippen molar-refractivity contribution in [2.75, 3.05) is 19.7 Å². The highest BCUT2D eigenvalue weighted by atomic mass is 16.6. The molecule has 9 heteroatoms. The molecule has 0 aromatic carbocycles. The quantitative estimate of drug-likeness (QED) is 0.806. The largest absolute Gasteiger partial charge is 0.462 e. The molecular formula is C19H26N4O5. The van der Waals surface area contributed by atoms with Crippen molar-refractivity contribution in [3.05, 3.63) is 33.9 Å². The van der Waals surface area contributed by atoms with E-state index in [0.29, 0.717) is 18.7 Å². The number of H-pyrrole nitrogens is 1. The molecule has 152 valence electrons.